The molecule has 0 radical (unpaired) electrons. The number of carbonyl (C=O) groups is 1. The van der Waals surface area contributed by atoms with E-state index in [4.69, 9.17) is 39.5 Å². The van der Waals surface area contributed by atoms with Gasteiger partial charge in [-0.05, 0) is 36.4 Å². The van der Waals surface area contributed by atoms with E-state index in [1.165, 1.54) is 28.7 Å². The maximum atomic E-state index is 13.2. The Hall–Kier alpha value is -2.52. The van der Waals surface area contributed by atoms with Crippen molar-refractivity contribution in [3.8, 4) is 5.88 Å². The Kier molecular flexibility index (Phi) is 5.98. The molecule has 0 unspecified atom stereocenters. The van der Waals surface area contributed by atoms with Gasteiger partial charge in [0.05, 0.1) is 38.9 Å². The predicted molar refractivity (Wildman–Crippen MR) is 120 cm³/mol. The molecule has 4 rings (SSSR count). The minimum absolute atomic E-state index is 0.0325. The highest BCUT2D eigenvalue weighted by Gasteiger charge is 2.31. The molecule has 0 spiro atoms. The van der Waals surface area contributed by atoms with Gasteiger partial charge >= 0.3 is 0 Å². The van der Waals surface area contributed by atoms with Gasteiger partial charge in [0, 0.05) is 5.02 Å². The maximum Gasteiger partial charge on any atom is 0.264 e. The van der Waals surface area contributed by atoms with Gasteiger partial charge in [0.15, 0.2) is 0 Å². The number of fused-ring (bicyclic) bond motifs is 1. The summed E-state index contributed by atoms with van der Waals surface area (Å²) in [6.07, 6.45) is 1.36. The zero-order chi connectivity index (χ0) is 22.2. The topological polar surface area (TPSA) is 88.6 Å². The SMILES string of the molecule is O=C(Nc1cnc2c(c1)N(S(=O)(=O)c1cccc(Cl)c1)CCO2)c1c(Cl)cccc1Cl. The summed E-state index contributed by atoms with van der Waals surface area (Å²) in [5.74, 6) is -0.427. The van der Waals surface area contributed by atoms with Crippen molar-refractivity contribution in [2.75, 3.05) is 22.8 Å². The highest BCUT2D eigenvalue weighted by molar-refractivity contribution is 7.92. The van der Waals surface area contributed by atoms with E-state index in [0.29, 0.717) is 5.02 Å². The molecule has 2 aromatic carbocycles. The van der Waals surface area contributed by atoms with Crippen molar-refractivity contribution >= 4 is 62.1 Å². The molecule has 0 fully saturated rings. The highest BCUT2D eigenvalue weighted by atomic mass is 35.5. The molecule has 1 aliphatic rings. The molecular weight excluding hydrogens is 485 g/mol. The first kappa shape index (κ1) is 21.7. The Bertz CT molecular complexity index is 1260. The summed E-state index contributed by atoms with van der Waals surface area (Å²) in [5, 5.41) is 3.31. The van der Waals surface area contributed by atoms with Crippen LogP contribution in [0, 0.1) is 0 Å². The van der Waals surface area contributed by atoms with Crippen molar-refractivity contribution in [3.05, 3.63) is 75.4 Å². The lowest BCUT2D eigenvalue weighted by molar-refractivity contribution is 0.102. The first-order chi connectivity index (χ1) is 14.8. The van der Waals surface area contributed by atoms with Gasteiger partial charge in [0.25, 0.3) is 15.9 Å². The van der Waals surface area contributed by atoms with E-state index in [1.807, 2.05) is 0 Å². The number of anilines is 2. The van der Waals surface area contributed by atoms with Crippen molar-refractivity contribution in [1.82, 2.24) is 4.98 Å². The Morgan fingerprint density at radius 2 is 1.77 bits per heavy atom. The molecule has 2 heterocycles. The summed E-state index contributed by atoms with van der Waals surface area (Å²) < 4.78 is 33.1. The molecule has 7 nitrogen and oxygen atoms in total. The van der Waals surface area contributed by atoms with Crippen molar-refractivity contribution in [2.24, 2.45) is 0 Å². The molecule has 0 saturated heterocycles. The van der Waals surface area contributed by atoms with E-state index in [0.717, 1.165) is 0 Å². The van der Waals surface area contributed by atoms with Crippen LogP contribution >= 0.6 is 34.8 Å². The molecular formula is C20H14Cl3N3O4S. The number of benzene rings is 2. The summed E-state index contributed by atoms with van der Waals surface area (Å²) in [6, 6.07) is 12.1. The molecule has 1 aliphatic heterocycles. The molecule has 160 valence electrons. The number of ether oxygens (including phenoxy) is 1. The molecule has 0 aliphatic carbocycles. The third-order valence-corrected chi connectivity index (χ3v) is 7.14. The maximum absolute atomic E-state index is 13.2. The van der Waals surface area contributed by atoms with E-state index >= 15 is 0 Å². The van der Waals surface area contributed by atoms with Crippen LogP contribution in [0.1, 0.15) is 10.4 Å². The molecule has 0 atom stereocenters. The Morgan fingerprint density at radius 3 is 2.48 bits per heavy atom. The minimum Gasteiger partial charge on any atom is -0.474 e. The lowest BCUT2D eigenvalue weighted by Crippen LogP contribution is -2.38. The minimum atomic E-state index is -3.93. The number of hydrogen-bond acceptors (Lipinski definition) is 5. The average Bonchev–Trinajstić information content (AvgIpc) is 2.73. The second-order valence-electron chi connectivity index (χ2n) is 6.48. The van der Waals surface area contributed by atoms with E-state index in [2.05, 4.69) is 10.3 Å². The number of rotatable bonds is 4. The van der Waals surface area contributed by atoms with Gasteiger partial charge < -0.3 is 10.1 Å². The van der Waals surface area contributed by atoms with Gasteiger partial charge in [0.2, 0.25) is 5.88 Å². The van der Waals surface area contributed by atoms with Gasteiger partial charge in [-0.25, -0.2) is 13.4 Å². The fourth-order valence-electron chi connectivity index (χ4n) is 3.06. The number of nitrogens with zero attached hydrogens (tertiary/aromatic N) is 2. The molecule has 0 saturated carbocycles. The quantitative estimate of drug-likeness (QED) is 0.554. The number of carbonyl (C=O) groups excluding carboxylic acids is 1. The normalized spacial score (nSPS) is 13.3. The van der Waals surface area contributed by atoms with Gasteiger partial charge in [-0.2, -0.15) is 0 Å². The summed E-state index contributed by atoms with van der Waals surface area (Å²) >= 11 is 18.1. The van der Waals surface area contributed by atoms with Crippen LogP contribution in [0.25, 0.3) is 0 Å². The van der Waals surface area contributed by atoms with Crippen molar-refractivity contribution in [3.63, 3.8) is 0 Å². The summed E-state index contributed by atoms with van der Waals surface area (Å²) in [5.41, 5.74) is 0.536. The number of hydrogen-bond donors (Lipinski definition) is 1. The largest absolute Gasteiger partial charge is 0.474 e. The second-order valence-corrected chi connectivity index (χ2v) is 9.60. The van der Waals surface area contributed by atoms with Crippen LogP contribution in [0.2, 0.25) is 15.1 Å². The fraction of sp³-hybridized carbons (Fsp3) is 0.100. The Balaban J connectivity index is 1.69. The lowest BCUT2D eigenvalue weighted by atomic mass is 10.2. The van der Waals surface area contributed by atoms with Gasteiger partial charge in [-0.1, -0.05) is 46.9 Å². The number of pyridine rings is 1. The fourth-order valence-corrected chi connectivity index (χ4v) is 5.37. The third kappa shape index (κ3) is 4.29. The smallest absolute Gasteiger partial charge is 0.264 e. The van der Waals surface area contributed by atoms with Crippen molar-refractivity contribution in [1.29, 1.82) is 0 Å². The van der Waals surface area contributed by atoms with E-state index in [1.54, 1.807) is 30.3 Å². The van der Waals surface area contributed by atoms with Crippen LogP contribution in [0.15, 0.2) is 59.6 Å². The molecule has 0 bridgehead atoms. The van der Waals surface area contributed by atoms with Gasteiger partial charge in [0.1, 0.15) is 12.3 Å². The third-order valence-electron chi connectivity index (χ3n) is 4.47. The predicted octanol–water partition coefficient (Wildman–Crippen LogP) is 4.88. The number of amides is 1. The molecule has 31 heavy (non-hydrogen) atoms. The number of aromatic nitrogens is 1. The highest BCUT2D eigenvalue weighted by Crippen LogP contribution is 2.36. The van der Waals surface area contributed by atoms with E-state index in [9.17, 15) is 13.2 Å². The van der Waals surface area contributed by atoms with Crippen LogP contribution in [-0.2, 0) is 10.0 Å². The first-order valence-electron chi connectivity index (χ1n) is 8.94. The van der Waals surface area contributed by atoms with Crippen molar-refractivity contribution in [2.45, 2.75) is 4.90 Å². The Labute approximate surface area is 193 Å². The number of halogens is 3. The van der Waals surface area contributed by atoms with Gasteiger partial charge in [-0.15, -0.1) is 0 Å². The standard InChI is InChI=1S/C20H14Cl3N3O4S/c21-12-3-1-4-14(9-12)31(28,29)26-7-8-30-20-17(26)10-13(11-24-20)25-19(27)18-15(22)5-2-6-16(18)23/h1-6,9-11H,7-8H2,(H,25,27). The molecule has 1 amide bonds. The van der Waals surface area contributed by atoms with Crippen LogP contribution < -0.4 is 14.4 Å². The summed E-state index contributed by atoms with van der Waals surface area (Å²) in [7, 11) is -3.93. The lowest BCUT2D eigenvalue weighted by Gasteiger charge is -2.30. The van der Waals surface area contributed by atoms with Crippen LogP contribution in [0.3, 0.4) is 0 Å². The molecule has 1 aromatic heterocycles. The molecule has 11 heteroatoms. The molecule has 1 N–H and O–H groups in total. The molecule has 3 aromatic rings. The van der Waals surface area contributed by atoms with Crippen LogP contribution in [0.5, 0.6) is 5.88 Å². The summed E-state index contributed by atoms with van der Waals surface area (Å²) in [6.45, 7) is 0.192. The van der Waals surface area contributed by atoms with E-state index in [-0.39, 0.29) is 50.9 Å². The van der Waals surface area contributed by atoms with Crippen LogP contribution in [-0.4, -0.2) is 32.5 Å². The van der Waals surface area contributed by atoms with Gasteiger partial charge in [-0.3, -0.25) is 9.10 Å². The average molecular weight is 499 g/mol. The zero-order valence-electron chi connectivity index (χ0n) is 15.7. The first-order valence-corrected chi connectivity index (χ1v) is 11.5. The van der Waals surface area contributed by atoms with Crippen molar-refractivity contribution < 1.29 is 17.9 Å². The summed E-state index contributed by atoms with van der Waals surface area (Å²) in [4.78, 5) is 16.9. The second kappa shape index (κ2) is 8.55. The number of nitrogens with one attached hydrogen (secondary N) is 1. The number of sulfonamides is 1. The monoisotopic (exact) mass is 497 g/mol. The Morgan fingerprint density at radius 1 is 1.06 bits per heavy atom. The van der Waals surface area contributed by atoms with Crippen LogP contribution in [0.4, 0.5) is 11.4 Å². The zero-order valence-corrected chi connectivity index (χ0v) is 18.8. The van der Waals surface area contributed by atoms with E-state index < -0.39 is 15.9 Å².